The van der Waals surface area contributed by atoms with Crippen LogP contribution < -0.4 is 5.73 Å². The van der Waals surface area contributed by atoms with Crippen LogP contribution in [0.3, 0.4) is 0 Å². The number of carbonyl (C=O) groups excluding carboxylic acids is 1. The lowest BCUT2D eigenvalue weighted by atomic mass is 10.1. The van der Waals surface area contributed by atoms with Gasteiger partial charge in [0, 0.05) is 8.95 Å². The number of halogens is 2. The van der Waals surface area contributed by atoms with Crippen LogP contribution in [0.4, 0.5) is 0 Å². The SMILES string of the molecule is COC(=O)[C@@H](N)c1cc(Br)cc(Br)c1. The largest absolute Gasteiger partial charge is 0.468 e. The van der Waals surface area contributed by atoms with Crippen LogP contribution in [0, 0.1) is 0 Å². The normalized spacial score (nSPS) is 12.3. The Balaban J connectivity index is 3.00. The minimum Gasteiger partial charge on any atom is -0.468 e. The Labute approximate surface area is 98.9 Å². The number of methoxy groups -OCH3 is 1. The molecular formula is C9H9Br2NO2. The predicted molar refractivity (Wildman–Crippen MR) is 60.8 cm³/mol. The van der Waals surface area contributed by atoms with E-state index in [0.717, 1.165) is 8.95 Å². The Hall–Kier alpha value is -0.390. The molecule has 1 atom stereocenters. The second-order valence-corrected chi connectivity index (χ2v) is 4.53. The van der Waals surface area contributed by atoms with Crippen molar-refractivity contribution in [3.05, 3.63) is 32.7 Å². The highest BCUT2D eigenvalue weighted by atomic mass is 79.9. The van der Waals surface area contributed by atoms with Crippen molar-refractivity contribution in [1.82, 2.24) is 0 Å². The number of rotatable bonds is 2. The molecule has 2 N–H and O–H groups in total. The van der Waals surface area contributed by atoms with E-state index in [1.165, 1.54) is 7.11 Å². The molecule has 0 bridgehead atoms. The van der Waals surface area contributed by atoms with E-state index in [1.807, 2.05) is 6.07 Å². The fourth-order valence-electron chi connectivity index (χ4n) is 1.02. The Kier molecular flexibility index (Phi) is 4.10. The fraction of sp³-hybridized carbons (Fsp3) is 0.222. The van der Waals surface area contributed by atoms with E-state index in [4.69, 9.17) is 5.73 Å². The first-order valence-electron chi connectivity index (χ1n) is 3.84. The average molecular weight is 323 g/mol. The van der Waals surface area contributed by atoms with Crippen molar-refractivity contribution in [3.8, 4) is 0 Å². The molecule has 0 saturated carbocycles. The first kappa shape index (κ1) is 11.7. The van der Waals surface area contributed by atoms with Gasteiger partial charge in [0.25, 0.3) is 0 Å². The Morgan fingerprint density at radius 3 is 2.29 bits per heavy atom. The summed E-state index contributed by atoms with van der Waals surface area (Å²) in [4.78, 5) is 11.2. The topological polar surface area (TPSA) is 52.3 Å². The van der Waals surface area contributed by atoms with Gasteiger partial charge in [-0.15, -0.1) is 0 Å². The highest BCUT2D eigenvalue weighted by Crippen LogP contribution is 2.23. The van der Waals surface area contributed by atoms with Crippen molar-refractivity contribution in [2.75, 3.05) is 7.11 Å². The zero-order chi connectivity index (χ0) is 10.7. The molecule has 0 fully saturated rings. The molecule has 76 valence electrons. The lowest BCUT2D eigenvalue weighted by molar-refractivity contribution is -0.142. The highest BCUT2D eigenvalue weighted by molar-refractivity contribution is 9.11. The first-order valence-corrected chi connectivity index (χ1v) is 5.42. The van der Waals surface area contributed by atoms with E-state index in [0.29, 0.717) is 5.56 Å². The van der Waals surface area contributed by atoms with Gasteiger partial charge in [-0.1, -0.05) is 31.9 Å². The zero-order valence-electron chi connectivity index (χ0n) is 7.46. The maximum absolute atomic E-state index is 11.2. The summed E-state index contributed by atoms with van der Waals surface area (Å²) in [6.07, 6.45) is 0. The summed E-state index contributed by atoms with van der Waals surface area (Å²) in [6.45, 7) is 0. The van der Waals surface area contributed by atoms with Crippen molar-refractivity contribution in [3.63, 3.8) is 0 Å². The van der Waals surface area contributed by atoms with Crippen LogP contribution in [0.15, 0.2) is 27.1 Å². The molecule has 1 aromatic rings. The molecule has 1 aromatic carbocycles. The lowest BCUT2D eigenvalue weighted by Gasteiger charge is -2.10. The number of benzene rings is 1. The molecule has 0 heterocycles. The van der Waals surface area contributed by atoms with E-state index in [1.54, 1.807) is 12.1 Å². The van der Waals surface area contributed by atoms with E-state index in [2.05, 4.69) is 36.6 Å². The summed E-state index contributed by atoms with van der Waals surface area (Å²) in [5.74, 6) is -0.449. The van der Waals surface area contributed by atoms with Crippen molar-refractivity contribution in [2.24, 2.45) is 5.73 Å². The van der Waals surface area contributed by atoms with E-state index in [-0.39, 0.29) is 0 Å². The van der Waals surface area contributed by atoms with Crippen LogP contribution in [0.25, 0.3) is 0 Å². The number of hydrogen-bond donors (Lipinski definition) is 1. The summed E-state index contributed by atoms with van der Waals surface area (Å²) < 4.78 is 6.28. The molecule has 0 aromatic heterocycles. The van der Waals surface area contributed by atoms with Crippen LogP contribution in [0.1, 0.15) is 11.6 Å². The number of esters is 1. The van der Waals surface area contributed by atoms with Gasteiger partial charge in [0.1, 0.15) is 6.04 Å². The molecule has 14 heavy (non-hydrogen) atoms. The van der Waals surface area contributed by atoms with Crippen LogP contribution in [0.2, 0.25) is 0 Å². The quantitative estimate of drug-likeness (QED) is 0.851. The third-order valence-electron chi connectivity index (χ3n) is 1.70. The fourth-order valence-corrected chi connectivity index (χ4v) is 2.35. The smallest absolute Gasteiger partial charge is 0.327 e. The molecular weight excluding hydrogens is 314 g/mol. The van der Waals surface area contributed by atoms with Gasteiger partial charge in [-0.25, -0.2) is 0 Å². The molecule has 0 radical (unpaired) electrons. The van der Waals surface area contributed by atoms with Crippen LogP contribution in [-0.4, -0.2) is 13.1 Å². The first-order chi connectivity index (χ1) is 6.54. The van der Waals surface area contributed by atoms with E-state index >= 15 is 0 Å². The van der Waals surface area contributed by atoms with Gasteiger partial charge in [0.05, 0.1) is 7.11 Å². The summed E-state index contributed by atoms with van der Waals surface area (Å²) >= 11 is 6.63. The minimum absolute atomic E-state index is 0.449. The Morgan fingerprint density at radius 1 is 1.36 bits per heavy atom. The van der Waals surface area contributed by atoms with Gasteiger partial charge in [-0.05, 0) is 23.8 Å². The van der Waals surface area contributed by atoms with Gasteiger partial charge in [-0.3, -0.25) is 4.79 Å². The zero-order valence-corrected chi connectivity index (χ0v) is 10.6. The van der Waals surface area contributed by atoms with Crippen LogP contribution >= 0.6 is 31.9 Å². The van der Waals surface area contributed by atoms with Gasteiger partial charge < -0.3 is 10.5 Å². The molecule has 0 aliphatic rings. The number of carbonyl (C=O) groups is 1. The van der Waals surface area contributed by atoms with Gasteiger partial charge in [0.15, 0.2) is 0 Å². The molecule has 5 heteroatoms. The second-order valence-electron chi connectivity index (χ2n) is 2.70. The average Bonchev–Trinajstić information content (AvgIpc) is 2.14. The predicted octanol–water partition coefficient (Wildman–Crippen LogP) is 2.38. The maximum Gasteiger partial charge on any atom is 0.327 e. The molecule has 0 spiro atoms. The van der Waals surface area contributed by atoms with Crippen molar-refractivity contribution in [1.29, 1.82) is 0 Å². The standard InChI is InChI=1S/C9H9Br2NO2/c1-14-9(13)8(12)5-2-6(10)4-7(11)3-5/h2-4,8H,12H2,1H3/t8-/m0/s1. The minimum atomic E-state index is -0.742. The number of ether oxygens (including phenoxy) is 1. The third kappa shape index (κ3) is 2.80. The molecule has 0 amide bonds. The van der Waals surface area contributed by atoms with Gasteiger partial charge in [0.2, 0.25) is 0 Å². The maximum atomic E-state index is 11.2. The molecule has 3 nitrogen and oxygen atoms in total. The second kappa shape index (κ2) is 4.91. The number of hydrogen-bond acceptors (Lipinski definition) is 3. The van der Waals surface area contributed by atoms with Crippen molar-refractivity contribution >= 4 is 37.8 Å². The Morgan fingerprint density at radius 2 is 1.86 bits per heavy atom. The van der Waals surface area contributed by atoms with Gasteiger partial charge in [-0.2, -0.15) is 0 Å². The lowest BCUT2D eigenvalue weighted by Crippen LogP contribution is -2.22. The van der Waals surface area contributed by atoms with E-state index < -0.39 is 12.0 Å². The molecule has 0 unspecified atom stereocenters. The van der Waals surface area contributed by atoms with Crippen LogP contribution in [0.5, 0.6) is 0 Å². The summed E-state index contributed by atoms with van der Waals surface area (Å²) in [5.41, 5.74) is 6.38. The third-order valence-corrected chi connectivity index (χ3v) is 2.61. The molecule has 1 rings (SSSR count). The van der Waals surface area contributed by atoms with Gasteiger partial charge >= 0.3 is 5.97 Å². The van der Waals surface area contributed by atoms with Crippen molar-refractivity contribution < 1.29 is 9.53 Å². The number of nitrogens with two attached hydrogens (primary N) is 1. The van der Waals surface area contributed by atoms with E-state index in [9.17, 15) is 4.79 Å². The summed E-state index contributed by atoms with van der Waals surface area (Å²) in [5, 5.41) is 0. The summed E-state index contributed by atoms with van der Waals surface area (Å²) in [7, 11) is 1.31. The van der Waals surface area contributed by atoms with Crippen molar-refractivity contribution in [2.45, 2.75) is 6.04 Å². The molecule has 0 saturated heterocycles. The molecule has 0 aliphatic heterocycles. The summed E-state index contributed by atoms with van der Waals surface area (Å²) in [6, 6.07) is 4.69. The highest BCUT2D eigenvalue weighted by Gasteiger charge is 2.16. The van der Waals surface area contributed by atoms with Crippen LogP contribution in [-0.2, 0) is 9.53 Å². The Bertz CT molecular complexity index is 334. The molecule has 0 aliphatic carbocycles. The monoisotopic (exact) mass is 321 g/mol.